The fourth-order valence-electron chi connectivity index (χ4n) is 1.07. The maximum atomic E-state index is 10.3. The SMILES string of the molecule is Cc1cc(OCC(=O)O)c(C)cc1S. The van der Waals surface area contributed by atoms with Gasteiger partial charge in [0.15, 0.2) is 6.61 Å². The van der Waals surface area contributed by atoms with Crippen molar-refractivity contribution < 1.29 is 14.6 Å². The normalized spacial score (nSPS) is 9.93. The molecule has 1 N–H and O–H groups in total. The minimum Gasteiger partial charge on any atom is -0.482 e. The van der Waals surface area contributed by atoms with Gasteiger partial charge in [0.2, 0.25) is 0 Å². The quantitative estimate of drug-likeness (QED) is 0.754. The molecule has 0 atom stereocenters. The number of hydrogen-bond acceptors (Lipinski definition) is 3. The molecule has 0 aliphatic heterocycles. The van der Waals surface area contributed by atoms with Crippen LogP contribution in [0, 0.1) is 13.8 Å². The molecule has 0 unspecified atom stereocenters. The van der Waals surface area contributed by atoms with Crippen LogP contribution in [0.4, 0.5) is 0 Å². The second-order valence-electron chi connectivity index (χ2n) is 3.09. The van der Waals surface area contributed by atoms with Crippen LogP contribution >= 0.6 is 12.6 Å². The monoisotopic (exact) mass is 212 g/mol. The summed E-state index contributed by atoms with van der Waals surface area (Å²) < 4.78 is 5.10. The number of benzene rings is 1. The lowest BCUT2D eigenvalue weighted by atomic mass is 10.1. The van der Waals surface area contributed by atoms with Crippen molar-refractivity contribution >= 4 is 18.6 Å². The van der Waals surface area contributed by atoms with Gasteiger partial charge >= 0.3 is 5.97 Å². The number of thiol groups is 1. The van der Waals surface area contributed by atoms with Crippen molar-refractivity contribution in [3.8, 4) is 5.75 Å². The Kier molecular flexibility index (Phi) is 3.41. The number of hydrogen-bond donors (Lipinski definition) is 2. The predicted octanol–water partition coefficient (Wildman–Crippen LogP) is 2.06. The fourth-order valence-corrected chi connectivity index (χ4v) is 1.33. The van der Waals surface area contributed by atoms with Crippen molar-refractivity contribution in [3.63, 3.8) is 0 Å². The molecular formula is C10H12O3S. The molecule has 4 heteroatoms. The molecule has 14 heavy (non-hydrogen) atoms. The van der Waals surface area contributed by atoms with Crippen molar-refractivity contribution in [2.75, 3.05) is 6.61 Å². The van der Waals surface area contributed by atoms with E-state index in [2.05, 4.69) is 12.6 Å². The molecule has 0 spiro atoms. The van der Waals surface area contributed by atoms with Gasteiger partial charge in [-0.15, -0.1) is 12.6 Å². The topological polar surface area (TPSA) is 46.5 Å². The Bertz CT molecular complexity index is 361. The fraction of sp³-hybridized carbons (Fsp3) is 0.300. The zero-order valence-corrected chi connectivity index (χ0v) is 8.97. The van der Waals surface area contributed by atoms with Gasteiger partial charge in [0.25, 0.3) is 0 Å². The highest BCUT2D eigenvalue weighted by Gasteiger charge is 2.05. The molecule has 0 saturated carbocycles. The van der Waals surface area contributed by atoms with Crippen LogP contribution in [-0.4, -0.2) is 17.7 Å². The molecule has 0 saturated heterocycles. The van der Waals surface area contributed by atoms with Crippen LogP contribution in [0.5, 0.6) is 5.75 Å². The van der Waals surface area contributed by atoms with E-state index >= 15 is 0 Å². The predicted molar refractivity (Wildman–Crippen MR) is 56.3 cm³/mol. The van der Waals surface area contributed by atoms with E-state index < -0.39 is 5.97 Å². The first-order valence-corrected chi connectivity index (χ1v) is 4.60. The lowest BCUT2D eigenvalue weighted by Crippen LogP contribution is -2.10. The van der Waals surface area contributed by atoms with Crippen LogP contribution in [0.15, 0.2) is 17.0 Å². The van der Waals surface area contributed by atoms with E-state index in [1.54, 1.807) is 6.07 Å². The van der Waals surface area contributed by atoms with Gasteiger partial charge in [0.1, 0.15) is 5.75 Å². The molecule has 0 bridgehead atoms. The van der Waals surface area contributed by atoms with Crippen molar-refractivity contribution in [2.24, 2.45) is 0 Å². The Morgan fingerprint density at radius 1 is 1.43 bits per heavy atom. The molecular weight excluding hydrogens is 200 g/mol. The van der Waals surface area contributed by atoms with Crippen molar-refractivity contribution in [1.29, 1.82) is 0 Å². The van der Waals surface area contributed by atoms with E-state index in [1.807, 2.05) is 19.9 Å². The third-order valence-corrected chi connectivity index (χ3v) is 2.33. The second kappa shape index (κ2) is 4.37. The van der Waals surface area contributed by atoms with Crippen LogP contribution in [-0.2, 0) is 4.79 Å². The molecule has 0 fully saturated rings. The van der Waals surface area contributed by atoms with E-state index in [9.17, 15) is 4.79 Å². The largest absolute Gasteiger partial charge is 0.482 e. The van der Waals surface area contributed by atoms with Crippen molar-refractivity contribution in [1.82, 2.24) is 0 Å². The molecule has 0 amide bonds. The average Bonchev–Trinajstić information content (AvgIpc) is 2.09. The van der Waals surface area contributed by atoms with Gasteiger partial charge in [-0.3, -0.25) is 0 Å². The Balaban J connectivity index is 2.87. The first-order valence-electron chi connectivity index (χ1n) is 4.15. The molecule has 3 nitrogen and oxygen atoms in total. The Morgan fingerprint density at radius 2 is 2.07 bits per heavy atom. The number of aryl methyl sites for hydroxylation is 2. The maximum Gasteiger partial charge on any atom is 0.341 e. The highest BCUT2D eigenvalue weighted by atomic mass is 32.1. The van der Waals surface area contributed by atoms with E-state index in [1.165, 1.54) is 0 Å². The van der Waals surface area contributed by atoms with Gasteiger partial charge < -0.3 is 9.84 Å². The van der Waals surface area contributed by atoms with Crippen molar-refractivity contribution in [3.05, 3.63) is 23.3 Å². The summed E-state index contributed by atoms with van der Waals surface area (Å²) in [5.74, 6) is -0.375. The van der Waals surface area contributed by atoms with Gasteiger partial charge in [0, 0.05) is 4.90 Å². The van der Waals surface area contributed by atoms with E-state index in [0.717, 1.165) is 16.0 Å². The molecule has 0 aliphatic rings. The number of carbonyl (C=O) groups is 1. The molecule has 76 valence electrons. The molecule has 0 heterocycles. The van der Waals surface area contributed by atoms with Crippen molar-refractivity contribution in [2.45, 2.75) is 18.7 Å². The number of carboxylic acid groups (broad SMARTS) is 1. The molecule has 1 aromatic rings. The number of carboxylic acids is 1. The smallest absolute Gasteiger partial charge is 0.341 e. The first kappa shape index (κ1) is 10.9. The minimum atomic E-state index is -0.975. The van der Waals surface area contributed by atoms with E-state index in [-0.39, 0.29) is 6.61 Å². The van der Waals surface area contributed by atoms with E-state index in [0.29, 0.717) is 5.75 Å². The highest BCUT2D eigenvalue weighted by Crippen LogP contribution is 2.24. The Morgan fingerprint density at radius 3 is 2.64 bits per heavy atom. The summed E-state index contributed by atoms with van der Waals surface area (Å²) in [6.45, 7) is 3.44. The van der Waals surface area contributed by atoms with Crippen LogP contribution in [0.25, 0.3) is 0 Å². The van der Waals surface area contributed by atoms with Crippen LogP contribution < -0.4 is 4.74 Å². The Labute approximate surface area is 88.1 Å². The second-order valence-corrected chi connectivity index (χ2v) is 3.57. The molecule has 0 aromatic heterocycles. The summed E-state index contributed by atoms with van der Waals surface area (Å²) in [5, 5.41) is 8.45. The number of aliphatic carboxylic acids is 1. The van der Waals surface area contributed by atoms with Gasteiger partial charge in [-0.05, 0) is 37.1 Å². The van der Waals surface area contributed by atoms with Crippen LogP contribution in [0.3, 0.4) is 0 Å². The highest BCUT2D eigenvalue weighted by molar-refractivity contribution is 7.80. The number of rotatable bonds is 3. The average molecular weight is 212 g/mol. The summed E-state index contributed by atoms with van der Waals surface area (Å²) in [6, 6.07) is 3.65. The zero-order chi connectivity index (χ0) is 10.7. The van der Waals surface area contributed by atoms with Gasteiger partial charge in [-0.25, -0.2) is 4.79 Å². The zero-order valence-electron chi connectivity index (χ0n) is 8.07. The summed E-state index contributed by atoms with van der Waals surface area (Å²) in [7, 11) is 0. The lowest BCUT2D eigenvalue weighted by molar-refractivity contribution is -0.139. The molecule has 1 rings (SSSR count). The number of ether oxygens (including phenoxy) is 1. The maximum absolute atomic E-state index is 10.3. The standard InChI is InChI=1S/C10H12O3S/c1-6-4-9(14)7(2)3-8(6)13-5-10(11)12/h3-4,14H,5H2,1-2H3,(H,11,12). The molecule has 1 aromatic carbocycles. The summed E-state index contributed by atoms with van der Waals surface area (Å²) in [6.07, 6.45) is 0. The third kappa shape index (κ3) is 2.67. The Hall–Kier alpha value is -1.16. The van der Waals surface area contributed by atoms with Gasteiger partial charge in [-0.2, -0.15) is 0 Å². The minimum absolute atomic E-state index is 0.313. The lowest BCUT2D eigenvalue weighted by Gasteiger charge is -2.09. The van der Waals surface area contributed by atoms with Crippen LogP contribution in [0.1, 0.15) is 11.1 Å². The van der Waals surface area contributed by atoms with Crippen LogP contribution in [0.2, 0.25) is 0 Å². The van der Waals surface area contributed by atoms with Gasteiger partial charge in [-0.1, -0.05) is 0 Å². The third-order valence-electron chi connectivity index (χ3n) is 1.84. The molecule has 0 aliphatic carbocycles. The summed E-state index contributed by atoms with van der Waals surface area (Å²) in [5.41, 5.74) is 1.86. The summed E-state index contributed by atoms with van der Waals surface area (Å²) in [4.78, 5) is 11.2. The summed E-state index contributed by atoms with van der Waals surface area (Å²) >= 11 is 4.25. The van der Waals surface area contributed by atoms with Gasteiger partial charge in [0.05, 0.1) is 0 Å². The van der Waals surface area contributed by atoms with E-state index in [4.69, 9.17) is 9.84 Å². The first-order chi connectivity index (χ1) is 6.50. The molecule has 0 radical (unpaired) electrons.